The van der Waals surface area contributed by atoms with Gasteiger partial charge in [-0.1, -0.05) is 190 Å². The number of benzene rings is 9. The van der Waals surface area contributed by atoms with Crippen LogP contribution in [-0.2, 0) is 5.41 Å². The predicted octanol–water partition coefficient (Wildman–Crippen LogP) is 11.6. The molecule has 11 aromatic rings. The largest absolute Gasteiger partial charge is 0.309 e. The molecule has 0 fully saturated rings. The van der Waals surface area contributed by atoms with E-state index in [-0.39, 0.29) is 5.41 Å². The number of para-hydroxylation sites is 3. The van der Waals surface area contributed by atoms with E-state index in [2.05, 4.69) is 241 Å². The second kappa shape index (κ2) is 13.2. The molecule has 3 heteroatoms. The van der Waals surface area contributed by atoms with Crippen molar-refractivity contribution in [3.8, 4) is 22.5 Å². The standard InChI is InChI=1S/C57H42N2Si/c1-57(2)50-27-15-12-26-48(50)55-51(57)36-35-47-45-24-13-17-29-53(45)59(56(47)55)40-30-32-43(33-31-40)60(41-20-8-4-9-21-41,42-22-10-5-11-23-42)44-34-37-54-49(38-44)46-25-14-16-28-52(46)58(54)39-18-6-3-7-19-39/h3-38H,1-2H3. The van der Waals surface area contributed by atoms with Crippen molar-refractivity contribution < 1.29 is 0 Å². The summed E-state index contributed by atoms with van der Waals surface area (Å²) in [6.07, 6.45) is 0. The zero-order chi connectivity index (χ0) is 40.0. The van der Waals surface area contributed by atoms with Gasteiger partial charge in [-0.25, -0.2) is 0 Å². The van der Waals surface area contributed by atoms with Gasteiger partial charge in [-0.15, -0.1) is 0 Å². The third kappa shape index (κ3) is 4.81. The van der Waals surface area contributed by atoms with Gasteiger partial charge < -0.3 is 9.13 Å². The minimum Gasteiger partial charge on any atom is -0.309 e. The highest BCUT2D eigenvalue weighted by atomic mass is 28.3. The molecule has 0 unspecified atom stereocenters. The molecule has 2 heterocycles. The molecule has 1 aliphatic carbocycles. The van der Waals surface area contributed by atoms with Gasteiger partial charge in [0.05, 0.1) is 22.1 Å². The molecule has 0 aliphatic heterocycles. The third-order valence-electron chi connectivity index (χ3n) is 13.5. The van der Waals surface area contributed by atoms with E-state index in [9.17, 15) is 0 Å². The van der Waals surface area contributed by atoms with Crippen LogP contribution in [0.15, 0.2) is 218 Å². The van der Waals surface area contributed by atoms with Crippen LogP contribution in [0.5, 0.6) is 0 Å². The van der Waals surface area contributed by atoms with Crippen molar-refractivity contribution in [2.75, 3.05) is 0 Å². The van der Waals surface area contributed by atoms with Crippen LogP contribution in [0, 0.1) is 0 Å². The fraction of sp³-hybridized carbons (Fsp3) is 0.0526. The van der Waals surface area contributed by atoms with E-state index in [1.807, 2.05) is 0 Å². The van der Waals surface area contributed by atoms with Crippen molar-refractivity contribution >= 4 is 72.4 Å². The van der Waals surface area contributed by atoms with Gasteiger partial charge in [0.2, 0.25) is 0 Å². The van der Waals surface area contributed by atoms with Gasteiger partial charge in [0, 0.05) is 43.9 Å². The molecule has 1 aliphatic rings. The van der Waals surface area contributed by atoms with Crippen molar-refractivity contribution in [3.05, 3.63) is 230 Å². The molecule has 0 bridgehead atoms. The molecule has 2 nitrogen and oxygen atoms in total. The Hall–Kier alpha value is -7.20. The van der Waals surface area contributed by atoms with E-state index in [4.69, 9.17) is 0 Å². The summed E-state index contributed by atoms with van der Waals surface area (Å²) in [5, 5.41) is 10.6. The van der Waals surface area contributed by atoms with Crippen molar-refractivity contribution in [3.63, 3.8) is 0 Å². The van der Waals surface area contributed by atoms with Crippen LogP contribution in [0.25, 0.3) is 66.1 Å². The van der Waals surface area contributed by atoms with Gasteiger partial charge in [0.1, 0.15) is 0 Å². The van der Waals surface area contributed by atoms with E-state index >= 15 is 0 Å². The topological polar surface area (TPSA) is 9.86 Å². The zero-order valence-corrected chi connectivity index (χ0v) is 34.7. The molecule has 0 saturated carbocycles. The Balaban J connectivity index is 1.13. The average Bonchev–Trinajstić information content (AvgIpc) is 3.91. The normalized spacial score (nSPS) is 13.3. The van der Waals surface area contributed by atoms with Crippen LogP contribution in [-0.4, -0.2) is 17.2 Å². The molecule has 0 radical (unpaired) electrons. The average molecular weight is 783 g/mol. The molecular formula is C57H42N2Si. The van der Waals surface area contributed by atoms with Crippen molar-refractivity contribution in [1.82, 2.24) is 9.13 Å². The Labute approximate surface area is 351 Å². The van der Waals surface area contributed by atoms with E-state index in [0.29, 0.717) is 0 Å². The SMILES string of the molecule is CC1(C)c2ccccc2-c2c1ccc1c3ccccc3n(-c3ccc([Si](c4ccccc4)(c4ccccc4)c4ccc5c(c4)c4ccccc4n5-c4ccccc4)cc3)c21. The maximum Gasteiger partial charge on any atom is 0.179 e. The minimum atomic E-state index is -2.89. The Bertz CT molecular complexity index is 3390. The molecule has 0 spiro atoms. The maximum absolute atomic E-state index is 2.89. The van der Waals surface area contributed by atoms with Gasteiger partial charge in [-0.2, -0.15) is 0 Å². The minimum absolute atomic E-state index is 0.0870. The summed E-state index contributed by atoms with van der Waals surface area (Å²) in [6, 6.07) is 81.9. The summed E-state index contributed by atoms with van der Waals surface area (Å²) < 4.78 is 4.95. The third-order valence-corrected chi connectivity index (χ3v) is 18.2. The van der Waals surface area contributed by atoms with Gasteiger partial charge in [0.15, 0.2) is 8.07 Å². The number of nitrogens with zero attached hydrogens (tertiary/aromatic N) is 2. The van der Waals surface area contributed by atoms with E-state index in [0.717, 1.165) is 0 Å². The predicted molar refractivity (Wildman–Crippen MR) is 256 cm³/mol. The lowest BCUT2D eigenvalue weighted by Gasteiger charge is -2.34. The Morgan fingerprint density at radius 3 is 1.53 bits per heavy atom. The number of fused-ring (bicyclic) bond motifs is 10. The number of aromatic nitrogens is 2. The molecule has 0 amide bonds. The van der Waals surface area contributed by atoms with Crippen molar-refractivity contribution in [2.24, 2.45) is 0 Å². The van der Waals surface area contributed by atoms with Crippen LogP contribution >= 0.6 is 0 Å². The van der Waals surface area contributed by atoms with Crippen LogP contribution < -0.4 is 20.7 Å². The van der Waals surface area contributed by atoms with Crippen LogP contribution in [0.4, 0.5) is 0 Å². The molecule has 284 valence electrons. The highest BCUT2D eigenvalue weighted by Crippen LogP contribution is 2.52. The maximum atomic E-state index is 2.53. The molecule has 12 rings (SSSR count). The van der Waals surface area contributed by atoms with Gasteiger partial charge in [-0.05, 0) is 79.9 Å². The van der Waals surface area contributed by atoms with Crippen molar-refractivity contribution in [1.29, 1.82) is 0 Å². The fourth-order valence-electron chi connectivity index (χ4n) is 10.8. The molecule has 9 aromatic carbocycles. The summed E-state index contributed by atoms with van der Waals surface area (Å²) in [7, 11) is -2.89. The summed E-state index contributed by atoms with van der Waals surface area (Å²) in [4.78, 5) is 0. The number of hydrogen-bond donors (Lipinski definition) is 0. The van der Waals surface area contributed by atoms with Gasteiger partial charge in [-0.3, -0.25) is 0 Å². The molecule has 2 aromatic heterocycles. The Kier molecular flexibility index (Phi) is 7.63. The van der Waals surface area contributed by atoms with Crippen LogP contribution in [0.1, 0.15) is 25.0 Å². The van der Waals surface area contributed by atoms with Crippen LogP contribution in [0.2, 0.25) is 0 Å². The highest BCUT2D eigenvalue weighted by Gasteiger charge is 2.42. The quantitative estimate of drug-likeness (QED) is 0.117. The molecule has 0 saturated heterocycles. The summed E-state index contributed by atoms with van der Waals surface area (Å²) in [5.74, 6) is 0. The Morgan fingerprint density at radius 1 is 0.350 bits per heavy atom. The molecule has 0 N–H and O–H groups in total. The fourth-order valence-corrected chi connectivity index (χ4v) is 15.6. The lowest BCUT2D eigenvalue weighted by Crippen LogP contribution is -2.74. The smallest absolute Gasteiger partial charge is 0.179 e. The molecule has 60 heavy (non-hydrogen) atoms. The van der Waals surface area contributed by atoms with Gasteiger partial charge >= 0.3 is 0 Å². The monoisotopic (exact) mass is 782 g/mol. The summed E-state index contributed by atoms with van der Waals surface area (Å²) >= 11 is 0. The van der Waals surface area contributed by atoms with Crippen molar-refractivity contribution in [2.45, 2.75) is 19.3 Å². The first-order valence-corrected chi connectivity index (χ1v) is 23.0. The van der Waals surface area contributed by atoms with E-state index in [1.165, 1.54) is 98.0 Å². The first-order valence-electron chi connectivity index (χ1n) is 21.0. The summed E-state index contributed by atoms with van der Waals surface area (Å²) in [6.45, 7) is 4.75. The number of rotatable bonds is 6. The number of hydrogen-bond acceptors (Lipinski definition) is 0. The zero-order valence-electron chi connectivity index (χ0n) is 33.7. The summed E-state index contributed by atoms with van der Waals surface area (Å²) in [5.41, 5.74) is 12.7. The van der Waals surface area contributed by atoms with Crippen LogP contribution in [0.3, 0.4) is 0 Å². The lowest BCUT2D eigenvalue weighted by molar-refractivity contribution is 0.661. The van der Waals surface area contributed by atoms with E-state index in [1.54, 1.807) is 0 Å². The first kappa shape index (κ1) is 34.8. The lowest BCUT2D eigenvalue weighted by atomic mass is 9.82. The second-order valence-corrected chi connectivity index (χ2v) is 20.7. The first-order chi connectivity index (χ1) is 29.5. The molecular weight excluding hydrogens is 741 g/mol. The molecule has 0 atom stereocenters. The van der Waals surface area contributed by atoms with E-state index < -0.39 is 8.07 Å². The van der Waals surface area contributed by atoms with Gasteiger partial charge in [0.25, 0.3) is 0 Å². The Morgan fingerprint density at radius 2 is 0.850 bits per heavy atom. The second-order valence-electron chi connectivity index (χ2n) is 16.9. The highest BCUT2D eigenvalue weighted by molar-refractivity contribution is 7.20.